The van der Waals surface area contributed by atoms with Gasteiger partial charge < -0.3 is 10.2 Å². The smallest absolute Gasteiger partial charge is 0.352 e. The first kappa shape index (κ1) is 20.1. The lowest BCUT2D eigenvalue weighted by atomic mass is 10.2. The minimum atomic E-state index is -4.20. The summed E-state index contributed by atoms with van der Waals surface area (Å²) in [5.41, 5.74) is 1.01. The monoisotopic (exact) mass is 395 g/mol. The van der Waals surface area contributed by atoms with Gasteiger partial charge in [-0.05, 0) is 30.7 Å². The highest BCUT2D eigenvalue weighted by Crippen LogP contribution is 2.25. The zero-order chi connectivity index (χ0) is 20.1. The Balaban J connectivity index is 1.55. The van der Waals surface area contributed by atoms with Crippen LogP contribution in [-0.4, -0.2) is 76.0 Å². The predicted molar refractivity (Wildman–Crippen MR) is 100 cm³/mol. The van der Waals surface area contributed by atoms with Crippen LogP contribution in [0.4, 0.5) is 13.2 Å². The molecule has 1 saturated heterocycles. The number of hydrogen-bond donors (Lipinski definition) is 1. The van der Waals surface area contributed by atoms with Crippen molar-refractivity contribution < 1.29 is 13.2 Å². The number of aliphatic imine (C=N–C) groups is 1. The van der Waals surface area contributed by atoms with Crippen LogP contribution in [0.1, 0.15) is 12.5 Å². The van der Waals surface area contributed by atoms with Gasteiger partial charge in [-0.3, -0.25) is 9.89 Å². The van der Waals surface area contributed by atoms with Gasteiger partial charge in [0.05, 0.1) is 0 Å². The molecule has 1 fully saturated rings. The fourth-order valence-corrected chi connectivity index (χ4v) is 3.14. The van der Waals surface area contributed by atoms with Gasteiger partial charge in [-0.1, -0.05) is 0 Å². The van der Waals surface area contributed by atoms with E-state index in [1.54, 1.807) is 24.1 Å². The summed E-state index contributed by atoms with van der Waals surface area (Å²) < 4.78 is 40.4. The molecule has 1 N–H and O–H groups in total. The number of guanidine groups is 1. The van der Waals surface area contributed by atoms with Gasteiger partial charge in [-0.2, -0.15) is 18.3 Å². The maximum Gasteiger partial charge on any atom is 0.403 e. The third kappa shape index (κ3) is 4.80. The van der Waals surface area contributed by atoms with Crippen molar-refractivity contribution in [3.8, 4) is 5.82 Å². The van der Waals surface area contributed by atoms with Gasteiger partial charge in [0, 0.05) is 58.4 Å². The van der Waals surface area contributed by atoms with Crippen molar-refractivity contribution in [3.63, 3.8) is 0 Å². The van der Waals surface area contributed by atoms with E-state index >= 15 is 0 Å². The Bertz CT molecular complexity index is 781. The van der Waals surface area contributed by atoms with E-state index in [9.17, 15) is 13.2 Å². The average Bonchev–Trinajstić information content (AvgIpc) is 3.23. The van der Waals surface area contributed by atoms with Crippen molar-refractivity contribution >= 4 is 5.96 Å². The molecule has 0 bridgehead atoms. The Morgan fingerprint density at radius 1 is 1.25 bits per heavy atom. The second kappa shape index (κ2) is 8.59. The molecule has 10 heteroatoms. The fourth-order valence-electron chi connectivity index (χ4n) is 3.14. The third-order valence-corrected chi connectivity index (χ3v) is 4.85. The Morgan fingerprint density at radius 2 is 2.00 bits per heavy atom. The molecule has 1 aliphatic heterocycles. The SMILES string of the molecule is CN=C(NCc1ccnc(-n2cccn2)c1)N1CCN(C(C)C(F)(F)F)CC1. The van der Waals surface area contributed by atoms with Crippen molar-refractivity contribution in [2.24, 2.45) is 4.99 Å². The standard InChI is InChI=1S/C18H24F3N7/c1-14(18(19,20)21)26-8-10-27(11-9-26)17(22-2)24-13-15-4-6-23-16(12-15)28-7-3-5-25-28/h3-7,12,14H,8-11,13H2,1-2H3,(H,22,24). The number of halogens is 3. The lowest BCUT2D eigenvalue weighted by molar-refractivity contribution is -0.181. The first-order valence-electron chi connectivity index (χ1n) is 9.10. The van der Waals surface area contributed by atoms with Crippen LogP contribution < -0.4 is 5.32 Å². The van der Waals surface area contributed by atoms with Crippen molar-refractivity contribution in [2.45, 2.75) is 25.7 Å². The molecule has 1 aliphatic rings. The van der Waals surface area contributed by atoms with Crippen molar-refractivity contribution in [2.75, 3.05) is 33.2 Å². The van der Waals surface area contributed by atoms with Gasteiger partial charge in [0.2, 0.25) is 0 Å². The van der Waals surface area contributed by atoms with E-state index in [4.69, 9.17) is 0 Å². The van der Waals surface area contributed by atoms with E-state index in [-0.39, 0.29) is 0 Å². The molecule has 7 nitrogen and oxygen atoms in total. The van der Waals surface area contributed by atoms with Crippen molar-refractivity contribution in [1.82, 2.24) is 29.9 Å². The molecule has 3 rings (SSSR count). The van der Waals surface area contributed by atoms with Gasteiger partial charge >= 0.3 is 6.18 Å². The molecule has 0 saturated carbocycles. The zero-order valence-corrected chi connectivity index (χ0v) is 15.9. The molecular weight excluding hydrogens is 371 g/mol. The number of hydrogen-bond acceptors (Lipinski definition) is 4. The number of nitrogens with zero attached hydrogens (tertiary/aromatic N) is 6. The van der Waals surface area contributed by atoms with Gasteiger partial charge in [0.25, 0.3) is 0 Å². The maximum absolute atomic E-state index is 12.9. The Labute approximate surface area is 161 Å². The zero-order valence-electron chi connectivity index (χ0n) is 15.9. The molecule has 2 aromatic rings. The number of pyridine rings is 1. The molecule has 0 aliphatic carbocycles. The molecule has 0 aromatic carbocycles. The second-order valence-corrected chi connectivity index (χ2v) is 6.61. The number of piperazine rings is 1. The van der Waals surface area contributed by atoms with Crippen LogP contribution in [0.2, 0.25) is 0 Å². The van der Waals surface area contributed by atoms with Crippen LogP contribution in [0.3, 0.4) is 0 Å². The number of nitrogens with one attached hydrogen (secondary N) is 1. The van der Waals surface area contributed by atoms with Gasteiger partial charge in [0.15, 0.2) is 11.8 Å². The first-order valence-corrected chi connectivity index (χ1v) is 9.10. The Morgan fingerprint density at radius 3 is 2.61 bits per heavy atom. The Hall–Kier alpha value is -2.62. The second-order valence-electron chi connectivity index (χ2n) is 6.61. The lowest BCUT2D eigenvalue weighted by Gasteiger charge is -2.39. The summed E-state index contributed by atoms with van der Waals surface area (Å²) in [7, 11) is 1.68. The quantitative estimate of drug-likeness (QED) is 0.633. The molecule has 1 unspecified atom stereocenters. The highest BCUT2D eigenvalue weighted by Gasteiger charge is 2.41. The summed E-state index contributed by atoms with van der Waals surface area (Å²) in [5, 5.41) is 7.45. The molecular formula is C18H24F3N7. The predicted octanol–water partition coefficient (Wildman–Crippen LogP) is 1.91. The highest BCUT2D eigenvalue weighted by molar-refractivity contribution is 5.80. The summed E-state index contributed by atoms with van der Waals surface area (Å²) in [4.78, 5) is 12.0. The van der Waals surface area contributed by atoms with Gasteiger partial charge in [0.1, 0.15) is 6.04 Å². The van der Waals surface area contributed by atoms with E-state index < -0.39 is 12.2 Å². The summed E-state index contributed by atoms with van der Waals surface area (Å²) in [6.07, 6.45) is 1.03. The van der Waals surface area contributed by atoms with Crippen LogP contribution in [-0.2, 0) is 6.54 Å². The minimum Gasteiger partial charge on any atom is -0.352 e. The summed E-state index contributed by atoms with van der Waals surface area (Å²) in [5.74, 6) is 1.39. The molecule has 0 radical (unpaired) electrons. The molecule has 0 spiro atoms. The molecule has 28 heavy (non-hydrogen) atoms. The van der Waals surface area contributed by atoms with Crippen LogP contribution in [0.15, 0.2) is 41.8 Å². The van der Waals surface area contributed by atoms with E-state index in [1.807, 2.05) is 29.3 Å². The molecule has 3 heterocycles. The topological polar surface area (TPSA) is 61.6 Å². The molecule has 152 valence electrons. The van der Waals surface area contributed by atoms with Gasteiger partial charge in [-0.25, -0.2) is 9.67 Å². The summed E-state index contributed by atoms with van der Waals surface area (Å²) in [6, 6.07) is 4.22. The van der Waals surface area contributed by atoms with E-state index in [2.05, 4.69) is 20.4 Å². The molecule has 2 aromatic heterocycles. The normalized spacial score (nSPS) is 17.6. The first-order chi connectivity index (χ1) is 13.4. The largest absolute Gasteiger partial charge is 0.403 e. The van der Waals surface area contributed by atoms with E-state index in [1.165, 1.54) is 11.8 Å². The fraction of sp³-hybridized carbons (Fsp3) is 0.500. The summed E-state index contributed by atoms with van der Waals surface area (Å²) >= 11 is 0. The number of aromatic nitrogens is 3. The highest BCUT2D eigenvalue weighted by atomic mass is 19.4. The van der Waals surface area contributed by atoms with Crippen molar-refractivity contribution in [3.05, 3.63) is 42.4 Å². The Kier molecular flexibility index (Phi) is 6.18. The molecule has 1 atom stereocenters. The number of rotatable bonds is 4. The van der Waals surface area contributed by atoms with Crippen LogP contribution in [0, 0.1) is 0 Å². The van der Waals surface area contributed by atoms with E-state index in [0.717, 1.165) is 5.56 Å². The van der Waals surface area contributed by atoms with Crippen LogP contribution in [0.25, 0.3) is 5.82 Å². The van der Waals surface area contributed by atoms with E-state index in [0.29, 0.717) is 44.5 Å². The van der Waals surface area contributed by atoms with Crippen LogP contribution >= 0.6 is 0 Å². The minimum absolute atomic E-state index is 0.347. The molecule has 0 amide bonds. The van der Waals surface area contributed by atoms with Crippen molar-refractivity contribution in [1.29, 1.82) is 0 Å². The lowest BCUT2D eigenvalue weighted by Crippen LogP contribution is -2.56. The van der Waals surface area contributed by atoms with Gasteiger partial charge in [-0.15, -0.1) is 0 Å². The average molecular weight is 395 g/mol. The number of alkyl halides is 3. The van der Waals surface area contributed by atoms with Crippen LogP contribution in [0.5, 0.6) is 0 Å². The maximum atomic E-state index is 12.9. The third-order valence-electron chi connectivity index (χ3n) is 4.85. The summed E-state index contributed by atoms with van der Waals surface area (Å²) in [6.45, 7) is 3.43.